The lowest BCUT2D eigenvalue weighted by atomic mass is 10.0. The Morgan fingerprint density at radius 2 is 2.18 bits per heavy atom. The van der Waals surface area contributed by atoms with Gasteiger partial charge in [0, 0.05) is 23.6 Å². The first-order chi connectivity index (χ1) is 10.5. The number of halogens is 1. The van der Waals surface area contributed by atoms with Crippen LogP contribution in [0.15, 0.2) is 42.7 Å². The molecule has 0 saturated carbocycles. The normalized spacial score (nSPS) is 10.6. The molecule has 0 radical (unpaired) electrons. The quantitative estimate of drug-likeness (QED) is 0.516. The number of pyridine rings is 1. The highest BCUT2D eigenvalue weighted by Crippen LogP contribution is 2.20. The molecule has 112 valence electrons. The van der Waals surface area contributed by atoms with Crippen LogP contribution in [0.5, 0.6) is 0 Å². The van der Waals surface area contributed by atoms with Crippen molar-refractivity contribution in [3.05, 3.63) is 65.2 Å². The molecule has 0 aliphatic heterocycles. The second-order valence-electron chi connectivity index (χ2n) is 4.44. The summed E-state index contributed by atoms with van der Waals surface area (Å²) in [5.41, 5.74) is 6.65. The maximum Gasteiger partial charge on any atom is 0.340 e. The van der Waals surface area contributed by atoms with Gasteiger partial charge in [0.05, 0.1) is 18.4 Å². The molecule has 1 aromatic heterocycles. The fraction of sp³-hybridized carbons (Fsp3) is 0.0625. The van der Waals surface area contributed by atoms with Crippen LogP contribution >= 0.6 is 0 Å². The third kappa shape index (κ3) is 3.35. The molecule has 0 aliphatic carbocycles. The lowest BCUT2D eigenvalue weighted by Gasteiger charge is -2.08. The minimum atomic E-state index is -0.817. The molecule has 2 rings (SSSR count). The van der Waals surface area contributed by atoms with E-state index in [0.717, 1.165) is 18.7 Å². The number of nitrogen functional groups attached to an aromatic ring is 1. The van der Waals surface area contributed by atoms with Gasteiger partial charge in [-0.15, -0.1) is 0 Å². The average Bonchev–Trinajstić information content (AvgIpc) is 2.53. The molecule has 0 spiro atoms. The third-order valence-electron chi connectivity index (χ3n) is 2.96. The number of esters is 1. The standard InChI is InChI=1S/C16H14FN3O2/c1-22-16(21)11-7-12(15(19)8-13(11)17)14(18)5-4-10-3-2-6-20-9-10/h2-9,18H,19H2,1H3/b5-4+,18-14?. The van der Waals surface area contributed by atoms with Crippen LogP contribution in [0, 0.1) is 11.2 Å². The molecule has 0 unspecified atom stereocenters. The third-order valence-corrected chi connectivity index (χ3v) is 2.96. The van der Waals surface area contributed by atoms with E-state index in [4.69, 9.17) is 11.1 Å². The number of allylic oxidation sites excluding steroid dienone is 1. The zero-order valence-corrected chi connectivity index (χ0v) is 11.8. The minimum Gasteiger partial charge on any atom is -0.465 e. The summed E-state index contributed by atoms with van der Waals surface area (Å²) in [6, 6.07) is 5.82. The van der Waals surface area contributed by atoms with Gasteiger partial charge < -0.3 is 15.9 Å². The fourth-order valence-corrected chi connectivity index (χ4v) is 1.83. The lowest BCUT2D eigenvalue weighted by molar-refractivity contribution is 0.0595. The number of nitrogens with one attached hydrogen (secondary N) is 1. The summed E-state index contributed by atoms with van der Waals surface area (Å²) in [4.78, 5) is 15.5. The van der Waals surface area contributed by atoms with Crippen molar-refractivity contribution in [3.8, 4) is 0 Å². The van der Waals surface area contributed by atoms with E-state index in [2.05, 4.69) is 9.72 Å². The van der Waals surface area contributed by atoms with Crippen molar-refractivity contribution in [3.63, 3.8) is 0 Å². The molecule has 0 atom stereocenters. The van der Waals surface area contributed by atoms with E-state index in [9.17, 15) is 9.18 Å². The van der Waals surface area contributed by atoms with Crippen molar-refractivity contribution >= 4 is 23.4 Å². The lowest BCUT2D eigenvalue weighted by Crippen LogP contribution is -2.09. The molecule has 0 aliphatic rings. The van der Waals surface area contributed by atoms with Crippen LogP contribution in [0.1, 0.15) is 21.5 Å². The fourth-order valence-electron chi connectivity index (χ4n) is 1.83. The van der Waals surface area contributed by atoms with E-state index >= 15 is 0 Å². The van der Waals surface area contributed by atoms with Crippen LogP contribution in [0.25, 0.3) is 6.08 Å². The number of anilines is 1. The van der Waals surface area contributed by atoms with Gasteiger partial charge in [0.1, 0.15) is 5.82 Å². The Labute approximate surface area is 126 Å². The molecule has 3 N–H and O–H groups in total. The minimum absolute atomic E-state index is 0.0477. The summed E-state index contributed by atoms with van der Waals surface area (Å²) in [7, 11) is 1.16. The molecule has 22 heavy (non-hydrogen) atoms. The van der Waals surface area contributed by atoms with Crippen LogP contribution in [0.4, 0.5) is 10.1 Å². The van der Waals surface area contributed by atoms with Gasteiger partial charge in [0.25, 0.3) is 0 Å². The van der Waals surface area contributed by atoms with Crippen molar-refractivity contribution in [2.45, 2.75) is 0 Å². The summed E-state index contributed by atoms with van der Waals surface area (Å²) in [5.74, 6) is -1.60. The predicted molar refractivity (Wildman–Crippen MR) is 82.3 cm³/mol. The highest BCUT2D eigenvalue weighted by molar-refractivity contribution is 6.12. The molecule has 0 bridgehead atoms. The second-order valence-corrected chi connectivity index (χ2v) is 4.44. The Kier molecular flexibility index (Phi) is 4.63. The summed E-state index contributed by atoms with van der Waals surface area (Å²) >= 11 is 0. The first-order valence-electron chi connectivity index (χ1n) is 6.37. The zero-order valence-electron chi connectivity index (χ0n) is 11.8. The van der Waals surface area contributed by atoms with Gasteiger partial charge in [0.15, 0.2) is 0 Å². The first kappa shape index (κ1) is 15.4. The van der Waals surface area contributed by atoms with Crippen molar-refractivity contribution in [2.75, 3.05) is 12.8 Å². The van der Waals surface area contributed by atoms with Gasteiger partial charge in [0.2, 0.25) is 0 Å². The number of methoxy groups -OCH3 is 1. The summed E-state index contributed by atoms with van der Waals surface area (Å²) in [5, 5.41) is 8.02. The van der Waals surface area contributed by atoms with E-state index < -0.39 is 11.8 Å². The molecule has 1 heterocycles. The topological polar surface area (TPSA) is 89.1 Å². The molecule has 2 aromatic rings. The van der Waals surface area contributed by atoms with E-state index in [1.165, 1.54) is 12.1 Å². The highest BCUT2D eigenvalue weighted by atomic mass is 19.1. The molecule has 6 heteroatoms. The van der Waals surface area contributed by atoms with E-state index in [0.29, 0.717) is 0 Å². The second kappa shape index (κ2) is 6.62. The van der Waals surface area contributed by atoms with E-state index in [-0.39, 0.29) is 22.5 Å². The number of ether oxygens (including phenoxy) is 1. The monoisotopic (exact) mass is 299 g/mol. The van der Waals surface area contributed by atoms with Crippen molar-refractivity contribution in [2.24, 2.45) is 0 Å². The van der Waals surface area contributed by atoms with Crippen molar-refractivity contribution in [1.29, 1.82) is 5.41 Å². The molecular formula is C16H14FN3O2. The van der Waals surface area contributed by atoms with Crippen LogP contribution in [-0.4, -0.2) is 23.8 Å². The number of carbonyl (C=O) groups excluding carboxylic acids is 1. The maximum atomic E-state index is 13.7. The first-order valence-corrected chi connectivity index (χ1v) is 6.37. The van der Waals surface area contributed by atoms with Gasteiger partial charge >= 0.3 is 5.97 Å². The van der Waals surface area contributed by atoms with Crippen molar-refractivity contribution in [1.82, 2.24) is 4.98 Å². The number of rotatable bonds is 4. The van der Waals surface area contributed by atoms with Crippen LogP contribution in [0.2, 0.25) is 0 Å². The molecule has 5 nitrogen and oxygen atoms in total. The largest absolute Gasteiger partial charge is 0.465 e. The van der Waals surface area contributed by atoms with Gasteiger partial charge in [-0.3, -0.25) is 4.98 Å². The Morgan fingerprint density at radius 1 is 1.41 bits per heavy atom. The van der Waals surface area contributed by atoms with Gasteiger partial charge in [-0.1, -0.05) is 12.1 Å². The van der Waals surface area contributed by atoms with Crippen LogP contribution in [0.3, 0.4) is 0 Å². The Morgan fingerprint density at radius 3 is 2.82 bits per heavy atom. The molecule has 0 amide bonds. The van der Waals surface area contributed by atoms with E-state index in [1.54, 1.807) is 24.5 Å². The molecular weight excluding hydrogens is 285 g/mol. The van der Waals surface area contributed by atoms with Crippen LogP contribution < -0.4 is 5.73 Å². The number of hydrogen-bond donors (Lipinski definition) is 2. The summed E-state index contributed by atoms with van der Waals surface area (Å²) in [6.07, 6.45) is 6.46. The number of hydrogen-bond acceptors (Lipinski definition) is 5. The number of aromatic nitrogens is 1. The molecule has 0 fully saturated rings. The smallest absolute Gasteiger partial charge is 0.340 e. The number of nitrogens with zero attached hydrogens (tertiary/aromatic N) is 1. The van der Waals surface area contributed by atoms with Gasteiger partial charge in [-0.25, -0.2) is 9.18 Å². The Balaban J connectivity index is 2.33. The zero-order chi connectivity index (χ0) is 16.1. The SMILES string of the molecule is COC(=O)c1cc(C(=N)/C=C/c2cccnc2)c(N)cc1F. The molecule has 1 aromatic carbocycles. The summed E-state index contributed by atoms with van der Waals surface area (Å²) < 4.78 is 18.2. The van der Waals surface area contributed by atoms with Crippen LogP contribution in [-0.2, 0) is 4.74 Å². The number of carbonyl (C=O) groups is 1. The average molecular weight is 299 g/mol. The number of benzene rings is 1. The highest BCUT2D eigenvalue weighted by Gasteiger charge is 2.16. The molecule has 0 saturated heterocycles. The Hall–Kier alpha value is -3.02. The summed E-state index contributed by atoms with van der Waals surface area (Å²) in [6.45, 7) is 0. The van der Waals surface area contributed by atoms with Gasteiger partial charge in [-0.2, -0.15) is 0 Å². The predicted octanol–water partition coefficient (Wildman–Crippen LogP) is 2.67. The van der Waals surface area contributed by atoms with Crippen molar-refractivity contribution < 1.29 is 13.9 Å². The number of nitrogens with two attached hydrogens (primary N) is 1. The maximum absolute atomic E-state index is 13.7. The van der Waals surface area contributed by atoms with E-state index in [1.807, 2.05) is 6.07 Å². The van der Waals surface area contributed by atoms with Gasteiger partial charge in [-0.05, 0) is 29.8 Å². The Bertz CT molecular complexity index is 743.